The van der Waals surface area contributed by atoms with Gasteiger partial charge in [-0.2, -0.15) is 0 Å². The van der Waals surface area contributed by atoms with E-state index in [0.717, 1.165) is 47.7 Å². The van der Waals surface area contributed by atoms with Crippen LogP contribution in [0.1, 0.15) is 45.4 Å². The zero-order chi connectivity index (χ0) is 22.0. The topological polar surface area (TPSA) is 71.0 Å². The Bertz CT molecular complexity index is 1060. The Balaban J connectivity index is 1.85. The number of fused-ring (bicyclic) bond motifs is 1. The number of pyridine rings is 1. The van der Waals surface area contributed by atoms with Crippen LogP contribution in [0.2, 0.25) is 0 Å². The van der Waals surface area contributed by atoms with E-state index < -0.39 is 6.04 Å². The fourth-order valence-electron chi connectivity index (χ4n) is 3.93. The third-order valence-corrected chi connectivity index (χ3v) is 5.33. The van der Waals surface area contributed by atoms with E-state index in [9.17, 15) is 4.79 Å². The van der Waals surface area contributed by atoms with E-state index in [1.807, 2.05) is 81.1 Å². The van der Waals surface area contributed by atoms with Gasteiger partial charge >= 0.3 is 0 Å². The van der Waals surface area contributed by atoms with Crippen molar-refractivity contribution in [2.45, 2.75) is 58.5 Å². The average Bonchev–Trinajstić information content (AvgIpc) is 3.23. The summed E-state index contributed by atoms with van der Waals surface area (Å²) < 4.78 is 0. The van der Waals surface area contributed by atoms with Crippen molar-refractivity contribution in [3.63, 3.8) is 0 Å². The quantitative estimate of drug-likeness (QED) is 0.666. The maximum Gasteiger partial charge on any atom is 0.243 e. The van der Waals surface area contributed by atoms with E-state index in [0.29, 0.717) is 5.82 Å². The molecule has 0 saturated carbocycles. The average molecular weight is 416 g/mol. The summed E-state index contributed by atoms with van der Waals surface area (Å²) >= 11 is 0. The fraction of sp³-hybridized carbons (Fsp3) is 0.360. The van der Waals surface area contributed by atoms with Gasteiger partial charge in [-0.3, -0.25) is 9.78 Å². The number of nitrogens with zero attached hydrogens (tertiary/aromatic N) is 4. The first-order valence-corrected chi connectivity index (χ1v) is 10.8. The lowest BCUT2D eigenvalue weighted by Gasteiger charge is -2.33. The molecule has 6 heteroatoms. The van der Waals surface area contributed by atoms with Crippen LogP contribution in [0.25, 0.3) is 11.5 Å². The highest BCUT2D eigenvalue weighted by atomic mass is 16.2. The lowest BCUT2D eigenvalue weighted by Crippen LogP contribution is -2.50. The lowest BCUT2D eigenvalue weighted by molar-refractivity contribution is -0.123. The van der Waals surface area contributed by atoms with E-state index in [-0.39, 0.29) is 11.4 Å². The first kappa shape index (κ1) is 21.0. The van der Waals surface area contributed by atoms with Gasteiger partial charge in [-0.05, 0) is 71.2 Å². The van der Waals surface area contributed by atoms with Gasteiger partial charge < -0.3 is 10.2 Å². The van der Waals surface area contributed by atoms with Crippen LogP contribution < -0.4 is 10.2 Å². The molecule has 0 fully saturated rings. The Morgan fingerprint density at radius 3 is 2.45 bits per heavy atom. The van der Waals surface area contributed by atoms with Crippen molar-refractivity contribution in [2.24, 2.45) is 0 Å². The maximum atomic E-state index is 13.2. The Labute approximate surface area is 183 Å². The molecule has 4 rings (SSSR count). The van der Waals surface area contributed by atoms with Crippen LogP contribution in [-0.4, -0.2) is 32.4 Å². The Hall–Kier alpha value is -3.28. The monoisotopic (exact) mass is 415 g/mol. The van der Waals surface area contributed by atoms with Crippen molar-refractivity contribution in [1.29, 1.82) is 0 Å². The summed E-state index contributed by atoms with van der Waals surface area (Å²) in [5, 5.41) is 3.12. The number of carbonyl (C=O) groups is 1. The number of hydrogen-bond donors (Lipinski definition) is 1. The summed E-state index contributed by atoms with van der Waals surface area (Å²) in [5.41, 5.74) is 3.52. The molecule has 2 heterocycles. The Morgan fingerprint density at radius 2 is 1.77 bits per heavy atom. The summed E-state index contributed by atoms with van der Waals surface area (Å²) in [4.78, 5) is 29.5. The van der Waals surface area contributed by atoms with Gasteiger partial charge in [0, 0.05) is 28.7 Å². The molecule has 160 valence electrons. The summed E-state index contributed by atoms with van der Waals surface area (Å²) in [6.07, 6.45) is 4.60. The maximum absolute atomic E-state index is 13.2. The molecular weight excluding hydrogens is 386 g/mol. The van der Waals surface area contributed by atoms with Crippen LogP contribution >= 0.6 is 0 Å². The fourth-order valence-corrected chi connectivity index (χ4v) is 3.93. The van der Waals surface area contributed by atoms with E-state index in [1.165, 1.54) is 0 Å². The zero-order valence-corrected chi connectivity index (χ0v) is 18.6. The largest absolute Gasteiger partial charge is 0.350 e. The second kappa shape index (κ2) is 8.46. The van der Waals surface area contributed by atoms with Gasteiger partial charge in [0.15, 0.2) is 5.82 Å². The molecule has 0 saturated heterocycles. The van der Waals surface area contributed by atoms with Gasteiger partial charge in [-0.1, -0.05) is 24.3 Å². The zero-order valence-electron chi connectivity index (χ0n) is 18.6. The summed E-state index contributed by atoms with van der Waals surface area (Å²) in [5.74, 6) is 1.35. The van der Waals surface area contributed by atoms with Gasteiger partial charge in [0.05, 0.1) is 0 Å². The summed E-state index contributed by atoms with van der Waals surface area (Å²) in [7, 11) is 0. The summed E-state index contributed by atoms with van der Waals surface area (Å²) in [6.45, 7) is 7.90. The number of aromatic nitrogens is 3. The molecule has 6 nitrogen and oxygen atoms in total. The second-order valence-corrected chi connectivity index (χ2v) is 8.99. The smallest absolute Gasteiger partial charge is 0.243 e. The van der Waals surface area contributed by atoms with E-state index in [1.54, 1.807) is 6.20 Å². The third-order valence-electron chi connectivity index (χ3n) is 5.33. The molecule has 0 aliphatic heterocycles. The van der Waals surface area contributed by atoms with Crippen molar-refractivity contribution in [2.75, 3.05) is 4.90 Å². The highest BCUT2D eigenvalue weighted by Gasteiger charge is 2.31. The van der Waals surface area contributed by atoms with E-state index in [2.05, 4.69) is 10.3 Å². The molecular formula is C25H29N5O. The third kappa shape index (κ3) is 4.58. The van der Waals surface area contributed by atoms with Crippen molar-refractivity contribution in [1.82, 2.24) is 20.3 Å². The van der Waals surface area contributed by atoms with Crippen LogP contribution in [0.5, 0.6) is 0 Å². The molecule has 1 N–H and O–H groups in total. The molecule has 1 atom stereocenters. The lowest BCUT2D eigenvalue weighted by atomic mass is 10.1. The molecule has 3 aromatic rings. The first-order chi connectivity index (χ1) is 14.8. The van der Waals surface area contributed by atoms with Crippen LogP contribution in [0.15, 0.2) is 54.7 Å². The highest BCUT2D eigenvalue weighted by Crippen LogP contribution is 2.36. The van der Waals surface area contributed by atoms with Gasteiger partial charge in [-0.25, -0.2) is 9.97 Å². The minimum Gasteiger partial charge on any atom is -0.350 e. The van der Waals surface area contributed by atoms with Crippen LogP contribution in [0, 0.1) is 0 Å². The van der Waals surface area contributed by atoms with E-state index in [4.69, 9.17) is 9.97 Å². The molecule has 0 radical (unpaired) electrons. The molecule has 1 unspecified atom stereocenters. The number of nitrogens with one attached hydrogen (secondary N) is 1. The van der Waals surface area contributed by atoms with Crippen molar-refractivity contribution < 1.29 is 4.79 Å². The molecule has 2 aromatic heterocycles. The molecule has 0 bridgehead atoms. The number of hydrogen-bond acceptors (Lipinski definition) is 5. The van der Waals surface area contributed by atoms with Crippen molar-refractivity contribution >= 4 is 17.4 Å². The van der Waals surface area contributed by atoms with Crippen LogP contribution in [0.3, 0.4) is 0 Å². The molecule has 31 heavy (non-hydrogen) atoms. The van der Waals surface area contributed by atoms with Gasteiger partial charge in [0.2, 0.25) is 5.91 Å². The number of para-hydroxylation sites is 1. The van der Waals surface area contributed by atoms with Crippen LogP contribution in [0.4, 0.5) is 11.5 Å². The number of rotatable bonds is 5. The highest BCUT2D eigenvalue weighted by molar-refractivity contribution is 5.88. The predicted octanol–water partition coefficient (Wildman–Crippen LogP) is 4.47. The van der Waals surface area contributed by atoms with Crippen molar-refractivity contribution in [3.8, 4) is 11.5 Å². The standard InChI is InChI=1S/C25H29N5O/c1-17(24(31)29-25(2,3)4)30(18-11-6-5-7-12-18)23-19-13-10-15-20(19)27-22(28-23)21-14-8-9-16-26-21/h5-9,11-12,14,16-17H,10,13,15H2,1-4H3,(H,29,31). The van der Waals surface area contributed by atoms with Gasteiger partial charge in [0.1, 0.15) is 17.6 Å². The minimum absolute atomic E-state index is 0.0406. The second-order valence-electron chi connectivity index (χ2n) is 8.99. The minimum atomic E-state index is -0.446. The Morgan fingerprint density at radius 1 is 1.03 bits per heavy atom. The predicted molar refractivity (Wildman–Crippen MR) is 123 cm³/mol. The summed E-state index contributed by atoms with van der Waals surface area (Å²) in [6, 6.07) is 15.3. The normalized spacial score (nSPS) is 14.1. The number of anilines is 2. The number of aryl methyl sites for hydroxylation is 1. The van der Waals surface area contributed by atoms with Crippen molar-refractivity contribution in [3.05, 3.63) is 66.0 Å². The van der Waals surface area contributed by atoms with Crippen LogP contribution in [-0.2, 0) is 17.6 Å². The molecule has 1 aromatic carbocycles. The molecule has 1 aliphatic rings. The van der Waals surface area contributed by atoms with E-state index >= 15 is 0 Å². The molecule has 1 aliphatic carbocycles. The SMILES string of the molecule is CC(C(=O)NC(C)(C)C)N(c1ccccc1)c1nc(-c2ccccn2)nc2c1CCC2. The van der Waals surface area contributed by atoms with Gasteiger partial charge in [0.25, 0.3) is 0 Å². The Kier molecular flexibility index (Phi) is 5.72. The first-order valence-electron chi connectivity index (χ1n) is 10.8. The molecule has 0 spiro atoms. The number of carbonyl (C=O) groups excluding carboxylic acids is 1. The van der Waals surface area contributed by atoms with Gasteiger partial charge in [-0.15, -0.1) is 0 Å². The number of benzene rings is 1. The molecule has 1 amide bonds. The number of amides is 1.